The highest BCUT2D eigenvalue weighted by Crippen LogP contribution is 2.20. The number of nitrogens with zero attached hydrogens (tertiary/aromatic N) is 1. The van der Waals surface area contributed by atoms with E-state index in [0.717, 1.165) is 10.8 Å². The van der Waals surface area contributed by atoms with Gasteiger partial charge in [-0.2, -0.15) is 0 Å². The SMILES string of the molecule is CCSc1csc(N)n1. The van der Waals surface area contributed by atoms with E-state index in [4.69, 9.17) is 5.73 Å². The molecule has 2 nitrogen and oxygen atoms in total. The van der Waals surface area contributed by atoms with Crippen LogP contribution in [0.25, 0.3) is 0 Å². The first-order valence-electron chi connectivity index (χ1n) is 2.66. The highest BCUT2D eigenvalue weighted by molar-refractivity contribution is 7.99. The fourth-order valence-corrected chi connectivity index (χ4v) is 1.84. The van der Waals surface area contributed by atoms with E-state index in [-0.39, 0.29) is 0 Å². The van der Waals surface area contributed by atoms with Gasteiger partial charge in [-0.15, -0.1) is 23.1 Å². The summed E-state index contributed by atoms with van der Waals surface area (Å²) in [6, 6.07) is 0. The largest absolute Gasteiger partial charge is 0.375 e. The lowest BCUT2D eigenvalue weighted by molar-refractivity contribution is 1.21. The van der Waals surface area contributed by atoms with Crippen molar-refractivity contribution in [2.24, 2.45) is 0 Å². The summed E-state index contributed by atoms with van der Waals surface area (Å²) in [5, 5.41) is 3.68. The van der Waals surface area contributed by atoms with Gasteiger partial charge < -0.3 is 5.73 Å². The van der Waals surface area contributed by atoms with Gasteiger partial charge in [-0.05, 0) is 5.75 Å². The first-order chi connectivity index (χ1) is 4.33. The van der Waals surface area contributed by atoms with Crippen molar-refractivity contribution in [1.82, 2.24) is 4.98 Å². The monoisotopic (exact) mass is 160 g/mol. The van der Waals surface area contributed by atoms with Crippen molar-refractivity contribution in [1.29, 1.82) is 0 Å². The van der Waals surface area contributed by atoms with Crippen LogP contribution in [0.2, 0.25) is 0 Å². The van der Waals surface area contributed by atoms with Crippen LogP contribution in [-0.4, -0.2) is 10.7 Å². The first kappa shape index (κ1) is 6.89. The van der Waals surface area contributed by atoms with Gasteiger partial charge in [0.25, 0.3) is 0 Å². The summed E-state index contributed by atoms with van der Waals surface area (Å²) in [4.78, 5) is 4.06. The minimum Gasteiger partial charge on any atom is -0.375 e. The number of nitrogens with two attached hydrogens (primary N) is 1. The third kappa shape index (κ3) is 1.87. The number of hydrogen-bond donors (Lipinski definition) is 1. The van der Waals surface area contributed by atoms with Gasteiger partial charge in [0.2, 0.25) is 0 Å². The second-order valence-electron chi connectivity index (χ2n) is 1.46. The van der Waals surface area contributed by atoms with Crippen LogP contribution in [0.1, 0.15) is 6.92 Å². The Labute approximate surface area is 62.5 Å². The average molecular weight is 160 g/mol. The first-order valence-corrected chi connectivity index (χ1v) is 4.53. The predicted molar refractivity (Wildman–Crippen MR) is 42.9 cm³/mol. The van der Waals surface area contributed by atoms with E-state index in [1.165, 1.54) is 11.3 Å². The number of thiazole rings is 1. The van der Waals surface area contributed by atoms with Gasteiger partial charge in [0.05, 0.1) is 0 Å². The van der Waals surface area contributed by atoms with Crippen LogP contribution in [0.5, 0.6) is 0 Å². The summed E-state index contributed by atoms with van der Waals surface area (Å²) in [7, 11) is 0. The Bertz CT molecular complexity index is 185. The predicted octanol–water partition coefficient (Wildman–Crippen LogP) is 1.84. The molecule has 1 aromatic heterocycles. The molecule has 0 bridgehead atoms. The topological polar surface area (TPSA) is 38.9 Å². The average Bonchev–Trinajstić information content (AvgIpc) is 2.17. The molecule has 1 heterocycles. The van der Waals surface area contributed by atoms with Crippen LogP contribution in [-0.2, 0) is 0 Å². The molecule has 0 aromatic carbocycles. The number of hydrogen-bond acceptors (Lipinski definition) is 4. The quantitative estimate of drug-likeness (QED) is 0.671. The van der Waals surface area contributed by atoms with Gasteiger partial charge >= 0.3 is 0 Å². The van der Waals surface area contributed by atoms with Crippen molar-refractivity contribution in [3.05, 3.63) is 5.38 Å². The van der Waals surface area contributed by atoms with Crippen molar-refractivity contribution in [3.8, 4) is 0 Å². The number of anilines is 1. The van der Waals surface area contributed by atoms with Crippen LogP contribution in [0.15, 0.2) is 10.4 Å². The Kier molecular flexibility index (Phi) is 2.36. The second kappa shape index (κ2) is 3.08. The molecular formula is C5H8N2S2. The fraction of sp³-hybridized carbons (Fsp3) is 0.400. The third-order valence-electron chi connectivity index (χ3n) is 0.793. The molecule has 2 N–H and O–H groups in total. The summed E-state index contributed by atoms with van der Waals surface area (Å²) >= 11 is 3.21. The van der Waals surface area contributed by atoms with E-state index in [0.29, 0.717) is 5.13 Å². The van der Waals surface area contributed by atoms with Crippen LogP contribution in [0.3, 0.4) is 0 Å². The maximum absolute atomic E-state index is 5.40. The van der Waals surface area contributed by atoms with Crippen molar-refractivity contribution in [3.63, 3.8) is 0 Å². The van der Waals surface area contributed by atoms with E-state index in [1.54, 1.807) is 11.8 Å². The van der Waals surface area contributed by atoms with Crippen molar-refractivity contribution in [2.75, 3.05) is 11.5 Å². The van der Waals surface area contributed by atoms with Gasteiger partial charge in [-0.3, -0.25) is 0 Å². The lowest BCUT2D eigenvalue weighted by Crippen LogP contribution is -1.80. The molecule has 0 aliphatic rings. The molecular weight excluding hydrogens is 152 g/mol. The zero-order chi connectivity index (χ0) is 6.69. The van der Waals surface area contributed by atoms with Crippen LogP contribution in [0, 0.1) is 0 Å². The molecule has 0 spiro atoms. The maximum Gasteiger partial charge on any atom is 0.181 e. The molecule has 0 radical (unpaired) electrons. The van der Waals surface area contributed by atoms with E-state index in [2.05, 4.69) is 11.9 Å². The summed E-state index contributed by atoms with van der Waals surface area (Å²) in [5.74, 6) is 1.06. The van der Waals surface area contributed by atoms with Gasteiger partial charge in [0.15, 0.2) is 5.13 Å². The molecule has 0 aliphatic carbocycles. The molecule has 0 amide bonds. The molecule has 0 saturated heterocycles. The molecule has 0 aliphatic heterocycles. The zero-order valence-corrected chi connectivity index (χ0v) is 6.76. The Morgan fingerprint density at radius 2 is 2.67 bits per heavy atom. The molecule has 0 saturated carbocycles. The number of thioether (sulfide) groups is 1. The lowest BCUT2D eigenvalue weighted by Gasteiger charge is -1.85. The Morgan fingerprint density at radius 3 is 3.11 bits per heavy atom. The van der Waals surface area contributed by atoms with Crippen molar-refractivity contribution < 1.29 is 0 Å². The highest BCUT2D eigenvalue weighted by Gasteiger charge is 1.95. The Morgan fingerprint density at radius 1 is 1.89 bits per heavy atom. The minimum absolute atomic E-state index is 0.658. The number of nitrogen functional groups attached to an aromatic ring is 1. The molecule has 9 heavy (non-hydrogen) atoms. The zero-order valence-electron chi connectivity index (χ0n) is 5.13. The molecule has 1 aromatic rings. The molecule has 0 atom stereocenters. The molecule has 50 valence electrons. The Hall–Kier alpha value is -0.220. The van der Waals surface area contributed by atoms with Crippen LogP contribution < -0.4 is 5.73 Å². The van der Waals surface area contributed by atoms with Gasteiger partial charge in [-0.1, -0.05) is 6.92 Å². The molecule has 4 heteroatoms. The molecule has 1 rings (SSSR count). The van der Waals surface area contributed by atoms with Gasteiger partial charge in [0.1, 0.15) is 5.03 Å². The summed E-state index contributed by atoms with van der Waals surface area (Å²) in [6.07, 6.45) is 0. The smallest absolute Gasteiger partial charge is 0.181 e. The highest BCUT2D eigenvalue weighted by atomic mass is 32.2. The number of rotatable bonds is 2. The second-order valence-corrected chi connectivity index (χ2v) is 3.63. The summed E-state index contributed by atoms with van der Waals surface area (Å²) in [5.41, 5.74) is 5.40. The molecule has 0 unspecified atom stereocenters. The van der Waals surface area contributed by atoms with Gasteiger partial charge in [0, 0.05) is 5.38 Å². The normalized spacial score (nSPS) is 9.89. The van der Waals surface area contributed by atoms with E-state index in [9.17, 15) is 0 Å². The summed E-state index contributed by atoms with van der Waals surface area (Å²) in [6.45, 7) is 2.10. The van der Waals surface area contributed by atoms with E-state index < -0.39 is 0 Å². The third-order valence-corrected chi connectivity index (χ3v) is 2.41. The minimum atomic E-state index is 0.658. The Balaban J connectivity index is 2.61. The fourth-order valence-electron chi connectivity index (χ4n) is 0.486. The van der Waals surface area contributed by atoms with Crippen LogP contribution >= 0.6 is 23.1 Å². The molecule has 0 fully saturated rings. The van der Waals surface area contributed by atoms with E-state index in [1.807, 2.05) is 5.38 Å². The standard InChI is InChI=1S/C5H8N2S2/c1-2-8-4-3-9-5(6)7-4/h3H,2H2,1H3,(H2,6,7). The summed E-state index contributed by atoms with van der Waals surface area (Å²) < 4.78 is 0. The van der Waals surface area contributed by atoms with Crippen molar-refractivity contribution in [2.45, 2.75) is 11.9 Å². The number of aromatic nitrogens is 1. The van der Waals surface area contributed by atoms with Crippen molar-refractivity contribution >= 4 is 28.2 Å². The van der Waals surface area contributed by atoms with Crippen LogP contribution in [0.4, 0.5) is 5.13 Å². The van der Waals surface area contributed by atoms with Gasteiger partial charge in [-0.25, -0.2) is 4.98 Å². The lowest BCUT2D eigenvalue weighted by atomic mass is 11.0. The maximum atomic E-state index is 5.40. The van der Waals surface area contributed by atoms with E-state index >= 15 is 0 Å².